The van der Waals surface area contributed by atoms with Crippen molar-refractivity contribution in [2.75, 3.05) is 11.6 Å². The molecule has 1 amide bonds. The van der Waals surface area contributed by atoms with Crippen LogP contribution in [0.2, 0.25) is 0 Å². The lowest BCUT2D eigenvalue weighted by atomic mass is 10.1. The van der Waals surface area contributed by atoms with E-state index >= 15 is 0 Å². The number of carbonyl (C=O) groups excluding carboxylic acids is 1. The van der Waals surface area contributed by atoms with Crippen molar-refractivity contribution in [3.63, 3.8) is 0 Å². The molecule has 7 nitrogen and oxygen atoms in total. The number of anilines is 1. The summed E-state index contributed by atoms with van der Waals surface area (Å²) in [6.45, 7) is 4.15. The van der Waals surface area contributed by atoms with Gasteiger partial charge in [0.05, 0.1) is 4.92 Å². The van der Waals surface area contributed by atoms with Crippen LogP contribution in [0.15, 0.2) is 23.1 Å². The Morgan fingerprint density at radius 2 is 2.08 bits per heavy atom. The van der Waals surface area contributed by atoms with Crippen LogP contribution in [-0.4, -0.2) is 27.3 Å². The second-order valence-electron chi connectivity index (χ2n) is 5.05. The molecule has 0 aliphatic heterocycles. The largest absolute Gasteiger partial charge is 0.296 e. The van der Waals surface area contributed by atoms with Crippen LogP contribution < -0.4 is 5.32 Å². The Hall–Kier alpha value is -2.00. The van der Waals surface area contributed by atoms with Gasteiger partial charge in [0.15, 0.2) is 0 Å². The number of hydrogen-bond acceptors (Lipinski definition) is 7. The van der Waals surface area contributed by atoms with Crippen molar-refractivity contribution in [2.24, 2.45) is 0 Å². The Bertz CT molecular complexity index is 744. The van der Waals surface area contributed by atoms with Gasteiger partial charge in [0.2, 0.25) is 5.13 Å². The van der Waals surface area contributed by atoms with Crippen LogP contribution in [0.4, 0.5) is 10.8 Å². The van der Waals surface area contributed by atoms with E-state index in [2.05, 4.69) is 29.4 Å². The minimum absolute atomic E-state index is 0.0196. The van der Waals surface area contributed by atoms with Gasteiger partial charge in [0.25, 0.3) is 11.6 Å². The maximum Gasteiger partial charge on any atom is 0.282 e. The van der Waals surface area contributed by atoms with Crippen molar-refractivity contribution in [1.82, 2.24) is 10.2 Å². The summed E-state index contributed by atoms with van der Waals surface area (Å²) in [6.07, 6.45) is 3.73. The number of hydrogen-bond donors (Lipinski definition) is 1. The van der Waals surface area contributed by atoms with E-state index in [9.17, 15) is 14.9 Å². The van der Waals surface area contributed by atoms with Crippen molar-refractivity contribution >= 4 is 39.8 Å². The molecule has 1 N–H and O–H groups in total. The van der Waals surface area contributed by atoms with E-state index in [1.165, 1.54) is 35.2 Å². The fourth-order valence-electron chi connectivity index (χ4n) is 2.24. The van der Waals surface area contributed by atoms with Crippen molar-refractivity contribution < 1.29 is 9.72 Å². The summed E-state index contributed by atoms with van der Waals surface area (Å²) < 4.78 is 0. The van der Waals surface area contributed by atoms with E-state index in [1.54, 1.807) is 6.07 Å². The van der Waals surface area contributed by atoms with Crippen LogP contribution in [0.5, 0.6) is 0 Å². The molecule has 0 radical (unpaired) electrons. The first-order valence-electron chi connectivity index (χ1n) is 7.47. The smallest absolute Gasteiger partial charge is 0.282 e. The fraction of sp³-hybridized carbons (Fsp3) is 0.400. The Kier molecular flexibility index (Phi) is 6.27. The highest BCUT2D eigenvalue weighted by molar-refractivity contribution is 7.98. The molecule has 0 fully saturated rings. The van der Waals surface area contributed by atoms with Gasteiger partial charge in [0.1, 0.15) is 10.6 Å². The Morgan fingerprint density at radius 1 is 1.38 bits per heavy atom. The van der Waals surface area contributed by atoms with Crippen LogP contribution in [0.25, 0.3) is 0 Å². The summed E-state index contributed by atoms with van der Waals surface area (Å²) in [6, 6.07) is 4.48. The standard InChI is InChI=1S/C15H18N4O3S2/c1-4-9(5-2)14-17-18-15(24-14)16-13(20)11-8-10(23-3)6-7-12(11)19(21)22/h6-9H,4-5H2,1-3H3,(H,16,18,20). The normalized spacial score (nSPS) is 10.8. The van der Waals surface area contributed by atoms with Gasteiger partial charge in [-0.15, -0.1) is 22.0 Å². The summed E-state index contributed by atoms with van der Waals surface area (Å²) in [5.74, 6) is -0.243. The van der Waals surface area contributed by atoms with Crippen molar-refractivity contribution in [3.8, 4) is 0 Å². The van der Waals surface area contributed by atoms with Crippen LogP contribution in [0.3, 0.4) is 0 Å². The molecule has 9 heteroatoms. The van der Waals surface area contributed by atoms with Gasteiger partial charge in [0, 0.05) is 16.9 Å². The number of nitro groups is 1. The number of nitrogens with one attached hydrogen (secondary N) is 1. The number of carbonyl (C=O) groups is 1. The quantitative estimate of drug-likeness (QED) is 0.445. The van der Waals surface area contributed by atoms with Crippen LogP contribution in [0, 0.1) is 10.1 Å². The van der Waals surface area contributed by atoms with E-state index < -0.39 is 10.8 Å². The number of amides is 1. The molecule has 2 rings (SSSR count). The molecule has 128 valence electrons. The molecule has 24 heavy (non-hydrogen) atoms. The number of nitrogens with zero attached hydrogens (tertiary/aromatic N) is 3. The summed E-state index contributed by atoms with van der Waals surface area (Å²) in [5, 5.41) is 23.1. The van der Waals surface area contributed by atoms with Crippen LogP contribution in [-0.2, 0) is 0 Å². The van der Waals surface area contributed by atoms with Crippen molar-refractivity contribution in [1.29, 1.82) is 0 Å². The minimum Gasteiger partial charge on any atom is -0.296 e. The van der Waals surface area contributed by atoms with Crippen LogP contribution in [0.1, 0.15) is 48.0 Å². The van der Waals surface area contributed by atoms with E-state index in [1.807, 2.05) is 6.26 Å². The monoisotopic (exact) mass is 366 g/mol. The zero-order chi connectivity index (χ0) is 17.7. The highest BCUT2D eigenvalue weighted by Gasteiger charge is 2.22. The van der Waals surface area contributed by atoms with Gasteiger partial charge in [-0.05, 0) is 31.2 Å². The summed E-state index contributed by atoms with van der Waals surface area (Å²) >= 11 is 2.72. The second kappa shape index (κ2) is 8.20. The zero-order valence-corrected chi connectivity index (χ0v) is 15.2. The van der Waals surface area contributed by atoms with Crippen molar-refractivity contribution in [2.45, 2.75) is 37.5 Å². The molecule has 0 bridgehead atoms. The fourth-order valence-corrected chi connectivity index (χ4v) is 3.68. The molecule has 2 aromatic rings. The first-order chi connectivity index (χ1) is 11.5. The molecule has 0 spiro atoms. The number of aromatic nitrogens is 2. The minimum atomic E-state index is -0.561. The predicted octanol–water partition coefficient (Wildman–Crippen LogP) is 4.32. The maximum atomic E-state index is 12.4. The maximum absolute atomic E-state index is 12.4. The average molecular weight is 366 g/mol. The Morgan fingerprint density at radius 3 is 2.67 bits per heavy atom. The third-order valence-electron chi connectivity index (χ3n) is 3.64. The molecule has 0 saturated heterocycles. The van der Waals surface area contributed by atoms with Crippen LogP contribution >= 0.6 is 23.1 Å². The third kappa shape index (κ3) is 4.09. The SMILES string of the molecule is CCC(CC)c1nnc(NC(=O)c2cc(SC)ccc2[N+](=O)[O-])s1. The summed E-state index contributed by atoms with van der Waals surface area (Å²) in [5.41, 5.74) is -0.207. The lowest BCUT2D eigenvalue weighted by Crippen LogP contribution is -2.14. The number of benzene rings is 1. The van der Waals surface area contributed by atoms with E-state index in [-0.39, 0.29) is 11.3 Å². The molecule has 0 atom stereocenters. The van der Waals surface area contributed by atoms with Crippen molar-refractivity contribution in [3.05, 3.63) is 38.9 Å². The Balaban J connectivity index is 2.25. The van der Waals surface area contributed by atoms with Gasteiger partial charge < -0.3 is 0 Å². The molecular weight excluding hydrogens is 348 g/mol. The second-order valence-corrected chi connectivity index (χ2v) is 6.94. The first-order valence-corrected chi connectivity index (χ1v) is 9.51. The lowest BCUT2D eigenvalue weighted by molar-refractivity contribution is -0.385. The van der Waals surface area contributed by atoms with E-state index in [4.69, 9.17) is 0 Å². The third-order valence-corrected chi connectivity index (χ3v) is 5.37. The summed E-state index contributed by atoms with van der Waals surface area (Å²) in [7, 11) is 0. The van der Waals surface area contributed by atoms with Gasteiger partial charge in [-0.25, -0.2) is 0 Å². The summed E-state index contributed by atoms with van der Waals surface area (Å²) in [4.78, 5) is 23.8. The topological polar surface area (TPSA) is 98.0 Å². The molecule has 1 aromatic carbocycles. The van der Waals surface area contributed by atoms with E-state index in [0.29, 0.717) is 11.0 Å². The number of nitro benzene ring substituents is 1. The molecule has 0 unspecified atom stereocenters. The average Bonchev–Trinajstić information content (AvgIpc) is 3.03. The predicted molar refractivity (Wildman–Crippen MR) is 96.1 cm³/mol. The highest BCUT2D eigenvalue weighted by Crippen LogP contribution is 2.29. The lowest BCUT2D eigenvalue weighted by Gasteiger charge is -2.06. The van der Waals surface area contributed by atoms with E-state index in [0.717, 1.165) is 22.7 Å². The molecule has 1 aromatic heterocycles. The van der Waals surface area contributed by atoms with Gasteiger partial charge in [-0.3, -0.25) is 20.2 Å². The Labute approximate surface area is 148 Å². The van der Waals surface area contributed by atoms with Gasteiger partial charge >= 0.3 is 0 Å². The molecule has 0 saturated carbocycles. The first kappa shape index (κ1) is 18.3. The molecule has 0 aliphatic rings. The van der Waals surface area contributed by atoms with Gasteiger partial charge in [-0.1, -0.05) is 25.2 Å². The highest BCUT2D eigenvalue weighted by atomic mass is 32.2. The molecule has 1 heterocycles. The zero-order valence-electron chi connectivity index (χ0n) is 13.6. The number of thioether (sulfide) groups is 1. The molecular formula is C15H18N4O3S2. The molecule has 0 aliphatic carbocycles. The van der Waals surface area contributed by atoms with Gasteiger partial charge in [-0.2, -0.15) is 0 Å². The number of rotatable bonds is 7.